The standard InChI is InChI=1S/C25H24ClN5O4S/c1-16-14-24(28-18-9-11-21(34-2)12-10-18)30-25(27-16)29-19-5-7-20(8-6-19)31-36(32,33)23-15-17(26)4-13-22(23)35-3/h4-15,31H,1-3H3,(H2,27,28,29,30). The van der Waals surface area contributed by atoms with Crippen LogP contribution in [0.15, 0.2) is 77.7 Å². The fourth-order valence-corrected chi connectivity index (χ4v) is 4.82. The van der Waals surface area contributed by atoms with E-state index in [1.807, 2.05) is 37.3 Å². The highest BCUT2D eigenvalue weighted by molar-refractivity contribution is 7.92. The molecule has 1 heterocycles. The van der Waals surface area contributed by atoms with E-state index >= 15 is 0 Å². The van der Waals surface area contributed by atoms with Gasteiger partial charge in [0, 0.05) is 33.8 Å². The third-order valence-corrected chi connectivity index (χ3v) is 6.66. The summed E-state index contributed by atoms with van der Waals surface area (Å²) >= 11 is 5.98. The van der Waals surface area contributed by atoms with Gasteiger partial charge in [-0.3, -0.25) is 4.72 Å². The van der Waals surface area contributed by atoms with E-state index in [-0.39, 0.29) is 15.7 Å². The number of nitrogens with one attached hydrogen (secondary N) is 3. The molecule has 0 fully saturated rings. The van der Waals surface area contributed by atoms with Crippen LogP contribution in [0, 0.1) is 6.92 Å². The molecule has 0 radical (unpaired) electrons. The smallest absolute Gasteiger partial charge is 0.265 e. The summed E-state index contributed by atoms with van der Waals surface area (Å²) in [4.78, 5) is 8.89. The largest absolute Gasteiger partial charge is 0.497 e. The molecule has 0 unspecified atom stereocenters. The van der Waals surface area contributed by atoms with Crippen molar-refractivity contribution < 1.29 is 17.9 Å². The third kappa shape index (κ3) is 6.15. The van der Waals surface area contributed by atoms with Crippen LogP contribution in [0.1, 0.15) is 5.69 Å². The van der Waals surface area contributed by atoms with Gasteiger partial charge in [0.15, 0.2) is 0 Å². The van der Waals surface area contributed by atoms with E-state index in [1.54, 1.807) is 37.4 Å². The maximum Gasteiger partial charge on any atom is 0.265 e. The number of hydrogen-bond donors (Lipinski definition) is 3. The first-order chi connectivity index (χ1) is 17.3. The average molecular weight is 526 g/mol. The summed E-state index contributed by atoms with van der Waals surface area (Å²) in [5.74, 6) is 1.97. The minimum absolute atomic E-state index is 0.0512. The highest BCUT2D eigenvalue weighted by atomic mass is 35.5. The Bertz CT molecular complexity index is 1460. The van der Waals surface area contributed by atoms with Gasteiger partial charge >= 0.3 is 0 Å². The summed E-state index contributed by atoms with van der Waals surface area (Å²) in [7, 11) is -0.902. The topological polar surface area (TPSA) is 114 Å². The highest BCUT2D eigenvalue weighted by Crippen LogP contribution is 2.29. The monoisotopic (exact) mass is 525 g/mol. The maximum atomic E-state index is 12.9. The molecule has 1 aromatic heterocycles. The average Bonchev–Trinajstić information content (AvgIpc) is 2.85. The lowest BCUT2D eigenvalue weighted by Gasteiger charge is -2.13. The number of ether oxygens (including phenoxy) is 2. The van der Waals surface area contributed by atoms with Gasteiger partial charge in [-0.1, -0.05) is 11.6 Å². The summed E-state index contributed by atoms with van der Waals surface area (Å²) in [6.45, 7) is 1.87. The van der Waals surface area contributed by atoms with Crippen molar-refractivity contribution in [3.63, 3.8) is 0 Å². The molecule has 0 aliphatic rings. The van der Waals surface area contributed by atoms with Crippen molar-refractivity contribution >= 4 is 50.5 Å². The van der Waals surface area contributed by atoms with Gasteiger partial charge in [-0.15, -0.1) is 0 Å². The predicted octanol–water partition coefficient (Wildman–Crippen LogP) is 5.74. The van der Waals surface area contributed by atoms with Crippen molar-refractivity contribution in [3.8, 4) is 11.5 Å². The van der Waals surface area contributed by atoms with Gasteiger partial charge in [0.2, 0.25) is 5.95 Å². The normalized spacial score (nSPS) is 11.0. The zero-order valence-electron chi connectivity index (χ0n) is 19.7. The van der Waals surface area contributed by atoms with Gasteiger partial charge in [0.05, 0.1) is 14.2 Å². The van der Waals surface area contributed by atoms with Crippen molar-refractivity contribution in [1.82, 2.24) is 9.97 Å². The predicted molar refractivity (Wildman–Crippen MR) is 142 cm³/mol. The van der Waals surface area contributed by atoms with Crippen LogP contribution >= 0.6 is 11.6 Å². The Hall–Kier alpha value is -4.02. The zero-order valence-corrected chi connectivity index (χ0v) is 21.3. The molecular formula is C25H24ClN5O4S. The van der Waals surface area contributed by atoms with Crippen LogP contribution in [0.25, 0.3) is 0 Å². The SMILES string of the molecule is COc1ccc(Nc2cc(C)nc(Nc3ccc(NS(=O)(=O)c4cc(Cl)ccc4OC)cc3)n2)cc1. The van der Waals surface area contributed by atoms with E-state index in [0.29, 0.717) is 23.1 Å². The summed E-state index contributed by atoms with van der Waals surface area (Å²) in [5.41, 5.74) is 2.67. The van der Waals surface area contributed by atoms with Gasteiger partial charge in [-0.25, -0.2) is 13.4 Å². The van der Waals surface area contributed by atoms with Crippen molar-refractivity contribution in [1.29, 1.82) is 0 Å². The molecule has 0 bridgehead atoms. The van der Waals surface area contributed by atoms with Gasteiger partial charge in [0.1, 0.15) is 22.2 Å². The highest BCUT2D eigenvalue weighted by Gasteiger charge is 2.20. The van der Waals surface area contributed by atoms with Crippen molar-refractivity contribution in [2.45, 2.75) is 11.8 Å². The Morgan fingerprint density at radius 1 is 0.778 bits per heavy atom. The van der Waals surface area contributed by atoms with Crippen LogP contribution in [0.3, 0.4) is 0 Å². The molecular weight excluding hydrogens is 502 g/mol. The Kier molecular flexibility index (Phi) is 7.47. The minimum Gasteiger partial charge on any atom is -0.497 e. The molecule has 9 nitrogen and oxygen atoms in total. The minimum atomic E-state index is -3.92. The van der Waals surface area contributed by atoms with Crippen LogP contribution in [0.2, 0.25) is 5.02 Å². The van der Waals surface area contributed by atoms with E-state index in [1.165, 1.54) is 19.2 Å². The Morgan fingerprint density at radius 2 is 1.42 bits per heavy atom. The molecule has 0 atom stereocenters. The van der Waals surface area contributed by atoms with Crippen molar-refractivity contribution in [2.24, 2.45) is 0 Å². The summed E-state index contributed by atoms with van der Waals surface area (Å²) in [6, 6.07) is 20.4. The Morgan fingerprint density at radius 3 is 2.08 bits per heavy atom. The second-order valence-corrected chi connectivity index (χ2v) is 9.76. The van der Waals surface area contributed by atoms with E-state index in [9.17, 15) is 8.42 Å². The number of halogens is 1. The molecule has 0 aliphatic carbocycles. The fraction of sp³-hybridized carbons (Fsp3) is 0.120. The van der Waals surface area contributed by atoms with E-state index in [0.717, 1.165) is 17.1 Å². The number of nitrogens with zero attached hydrogens (tertiary/aromatic N) is 2. The van der Waals surface area contributed by atoms with Crippen LogP contribution < -0.4 is 24.8 Å². The molecule has 36 heavy (non-hydrogen) atoms. The molecule has 186 valence electrons. The van der Waals surface area contributed by atoms with Gasteiger partial charge < -0.3 is 20.1 Å². The van der Waals surface area contributed by atoms with E-state index in [2.05, 4.69) is 25.3 Å². The van der Waals surface area contributed by atoms with Crippen LogP contribution in [0.4, 0.5) is 28.8 Å². The number of aryl methyl sites for hydroxylation is 1. The molecule has 0 amide bonds. The second kappa shape index (κ2) is 10.7. The number of methoxy groups -OCH3 is 2. The lowest BCUT2D eigenvalue weighted by atomic mass is 10.3. The summed E-state index contributed by atoms with van der Waals surface area (Å²) in [6.07, 6.45) is 0. The van der Waals surface area contributed by atoms with Crippen LogP contribution in [0.5, 0.6) is 11.5 Å². The van der Waals surface area contributed by atoms with Gasteiger partial charge in [-0.05, 0) is 73.7 Å². The number of rotatable bonds is 9. The molecule has 4 aromatic rings. The first kappa shape index (κ1) is 25.1. The molecule has 3 N–H and O–H groups in total. The maximum absolute atomic E-state index is 12.9. The molecule has 4 rings (SSSR count). The van der Waals surface area contributed by atoms with E-state index in [4.69, 9.17) is 21.1 Å². The number of aromatic nitrogens is 2. The molecule has 0 spiro atoms. The molecule has 0 aliphatic heterocycles. The molecule has 0 saturated carbocycles. The quantitative estimate of drug-likeness (QED) is 0.253. The molecule has 11 heteroatoms. The third-order valence-electron chi connectivity index (χ3n) is 5.03. The summed E-state index contributed by atoms with van der Waals surface area (Å²) in [5, 5.41) is 6.67. The Labute approximate surface area is 214 Å². The second-order valence-electron chi connectivity index (χ2n) is 7.67. The Balaban J connectivity index is 1.47. The molecule has 3 aromatic carbocycles. The lowest BCUT2D eigenvalue weighted by molar-refractivity contribution is 0.403. The van der Waals surface area contributed by atoms with Crippen LogP contribution in [-0.4, -0.2) is 32.6 Å². The molecule has 0 saturated heterocycles. The number of sulfonamides is 1. The fourth-order valence-electron chi connectivity index (χ4n) is 3.33. The number of hydrogen-bond acceptors (Lipinski definition) is 8. The first-order valence-electron chi connectivity index (χ1n) is 10.8. The van der Waals surface area contributed by atoms with Gasteiger partial charge in [-0.2, -0.15) is 4.98 Å². The lowest BCUT2D eigenvalue weighted by Crippen LogP contribution is -2.14. The van der Waals surface area contributed by atoms with Crippen molar-refractivity contribution in [2.75, 3.05) is 29.6 Å². The van der Waals surface area contributed by atoms with Gasteiger partial charge in [0.25, 0.3) is 10.0 Å². The van der Waals surface area contributed by atoms with Crippen molar-refractivity contribution in [3.05, 3.63) is 83.5 Å². The van der Waals surface area contributed by atoms with Crippen LogP contribution in [-0.2, 0) is 10.0 Å². The number of anilines is 5. The first-order valence-corrected chi connectivity index (χ1v) is 12.6. The summed E-state index contributed by atoms with van der Waals surface area (Å²) < 4.78 is 38.6. The van der Waals surface area contributed by atoms with E-state index < -0.39 is 10.0 Å². The zero-order chi connectivity index (χ0) is 25.7. The number of benzene rings is 3.